The maximum Gasteiger partial charge on any atom is 0.414 e. The molecule has 3 amide bonds. The van der Waals surface area contributed by atoms with Gasteiger partial charge >= 0.3 is 6.09 Å². The highest BCUT2D eigenvalue weighted by atomic mass is 35.5. The van der Waals surface area contributed by atoms with E-state index in [1.165, 1.54) is 16.2 Å². The van der Waals surface area contributed by atoms with Gasteiger partial charge in [-0.3, -0.25) is 14.5 Å². The van der Waals surface area contributed by atoms with Gasteiger partial charge in [-0.05, 0) is 43.2 Å². The van der Waals surface area contributed by atoms with E-state index in [4.69, 9.17) is 22.1 Å². The van der Waals surface area contributed by atoms with Gasteiger partial charge in [0.15, 0.2) is 0 Å². The fraction of sp³-hybridized carbons (Fsp3) is 0.409. The SMILES string of the molecule is NCCC(=O)Nc1cc(N2C[C@@H](CNC(=O)c3ccc(Cl)s3)OC2=O)ccc1N1CCCC1. The van der Waals surface area contributed by atoms with Gasteiger partial charge in [-0.15, -0.1) is 11.3 Å². The molecule has 2 aliphatic heterocycles. The lowest BCUT2D eigenvalue weighted by molar-refractivity contribution is -0.116. The maximum absolute atomic E-state index is 12.5. The molecule has 1 aromatic heterocycles. The van der Waals surface area contributed by atoms with Gasteiger partial charge in [0.05, 0.1) is 33.7 Å². The summed E-state index contributed by atoms with van der Waals surface area (Å²) in [6.45, 7) is 2.56. The van der Waals surface area contributed by atoms with Crippen LogP contribution in [-0.4, -0.2) is 56.7 Å². The number of ether oxygens (including phenoxy) is 1. The normalized spacial score (nSPS) is 17.9. The molecule has 2 fully saturated rings. The molecule has 0 unspecified atom stereocenters. The minimum Gasteiger partial charge on any atom is -0.442 e. The van der Waals surface area contributed by atoms with E-state index in [2.05, 4.69) is 15.5 Å². The molecule has 2 saturated heterocycles. The van der Waals surface area contributed by atoms with Crippen LogP contribution in [0.15, 0.2) is 30.3 Å². The number of carbonyl (C=O) groups is 3. The van der Waals surface area contributed by atoms with E-state index < -0.39 is 12.2 Å². The summed E-state index contributed by atoms with van der Waals surface area (Å²) in [4.78, 5) is 41.2. The number of thiophene rings is 1. The number of carbonyl (C=O) groups excluding carboxylic acids is 3. The van der Waals surface area contributed by atoms with E-state index in [9.17, 15) is 14.4 Å². The van der Waals surface area contributed by atoms with Crippen molar-refractivity contribution in [2.24, 2.45) is 5.73 Å². The van der Waals surface area contributed by atoms with Crippen LogP contribution in [0.5, 0.6) is 0 Å². The number of cyclic esters (lactones) is 1. The van der Waals surface area contributed by atoms with E-state index in [1.54, 1.807) is 18.2 Å². The highest BCUT2D eigenvalue weighted by molar-refractivity contribution is 7.18. The van der Waals surface area contributed by atoms with Crippen molar-refractivity contribution in [3.63, 3.8) is 0 Å². The van der Waals surface area contributed by atoms with Crippen LogP contribution in [0.25, 0.3) is 0 Å². The summed E-state index contributed by atoms with van der Waals surface area (Å²) < 4.78 is 5.98. The zero-order valence-electron chi connectivity index (χ0n) is 18.0. The van der Waals surface area contributed by atoms with Gasteiger partial charge in [-0.1, -0.05) is 11.6 Å². The number of hydrogen-bond donors (Lipinski definition) is 3. The van der Waals surface area contributed by atoms with Gasteiger partial charge < -0.3 is 26.0 Å². The first kappa shape index (κ1) is 23.3. The lowest BCUT2D eigenvalue weighted by Gasteiger charge is -2.24. The number of amides is 3. The van der Waals surface area contributed by atoms with Crippen molar-refractivity contribution < 1.29 is 19.1 Å². The fourth-order valence-electron chi connectivity index (χ4n) is 3.94. The number of nitrogens with zero attached hydrogens (tertiary/aromatic N) is 2. The van der Waals surface area contributed by atoms with Crippen LogP contribution in [0, 0.1) is 0 Å². The predicted molar refractivity (Wildman–Crippen MR) is 129 cm³/mol. The number of anilines is 3. The van der Waals surface area contributed by atoms with Crippen LogP contribution < -0.4 is 26.2 Å². The van der Waals surface area contributed by atoms with Gasteiger partial charge in [0.25, 0.3) is 5.91 Å². The van der Waals surface area contributed by atoms with Crippen molar-refractivity contribution in [1.82, 2.24) is 5.32 Å². The summed E-state index contributed by atoms with van der Waals surface area (Å²) in [6.07, 6.45) is 1.42. The van der Waals surface area contributed by atoms with E-state index in [-0.39, 0.29) is 37.9 Å². The first-order valence-electron chi connectivity index (χ1n) is 10.8. The number of nitrogens with two attached hydrogens (primary N) is 1. The van der Waals surface area contributed by atoms with Gasteiger partial charge in [0, 0.05) is 31.7 Å². The van der Waals surface area contributed by atoms with Crippen LogP contribution in [0.4, 0.5) is 21.9 Å². The zero-order chi connectivity index (χ0) is 23.4. The third-order valence-electron chi connectivity index (χ3n) is 5.55. The summed E-state index contributed by atoms with van der Waals surface area (Å²) >= 11 is 7.07. The van der Waals surface area contributed by atoms with E-state index >= 15 is 0 Å². The Morgan fingerprint density at radius 1 is 1.21 bits per heavy atom. The Labute approximate surface area is 200 Å². The Morgan fingerprint density at radius 2 is 2.00 bits per heavy atom. The Hall–Kier alpha value is -2.82. The lowest BCUT2D eigenvalue weighted by Crippen LogP contribution is -2.34. The second-order valence-electron chi connectivity index (χ2n) is 7.91. The number of halogens is 1. The van der Waals surface area contributed by atoms with Crippen molar-refractivity contribution in [2.45, 2.75) is 25.4 Å². The second kappa shape index (κ2) is 10.4. The molecule has 1 atom stereocenters. The third kappa shape index (κ3) is 5.58. The van der Waals surface area contributed by atoms with Crippen LogP contribution >= 0.6 is 22.9 Å². The monoisotopic (exact) mass is 491 g/mol. The van der Waals surface area contributed by atoms with E-state index in [0.29, 0.717) is 20.6 Å². The smallest absolute Gasteiger partial charge is 0.414 e. The van der Waals surface area contributed by atoms with Gasteiger partial charge in [-0.25, -0.2) is 4.79 Å². The Balaban J connectivity index is 1.45. The lowest BCUT2D eigenvalue weighted by atomic mass is 10.2. The van der Waals surface area contributed by atoms with Crippen molar-refractivity contribution in [1.29, 1.82) is 0 Å². The molecule has 1 aromatic carbocycles. The Bertz CT molecular complexity index is 1040. The quantitative estimate of drug-likeness (QED) is 0.522. The first-order chi connectivity index (χ1) is 15.9. The summed E-state index contributed by atoms with van der Waals surface area (Å²) in [7, 11) is 0. The number of hydrogen-bond acceptors (Lipinski definition) is 7. The minimum atomic E-state index is -0.499. The third-order valence-corrected chi connectivity index (χ3v) is 6.78. The fourth-order valence-corrected chi connectivity index (χ4v) is 4.90. The standard InChI is InChI=1S/C22H26ClN5O4S/c23-19-6-5-18(33-19)21(30)25-12-15-13-28(22(31)32-15)14-3-4-17(27-9-1-2-10-27)16(11-14)26-20(29)7-8-24/h3-6,11,15H,1-2,7-10,12-13,24H2,(H,25,30)(H,26,29)/t15-/m1/s1. The Morgan fingerprint density at radius 3 is 2.70 bits per heavy atom. The highest BCUT2D eigenvalue weighted by Crippen LogP contribution is 2.34. The van der Waals surface area contributed by atoms with E-state index in [1.807, 2.05) is 12.1 Å². The summed E-state index contributed by atoms with van der Waals surface area (Å²) in [6, 6.07) is 8.87. The van der Waals surface area contributed by atoms with Crippen LogP contribution in [0.3, 0.4) is 0 Å². The summed E-state index contributed by atoms with van der Waals surface area (Å²) in [5.41, 5.74) is 7.70. The Kier molecular flexibility index (Phi) is 7.36. The van der Waals surface area contributed by atoms with Crippen molar-refractivity contribution in [3.05, 3.63) is 39.5 Å². The summed E-state index contributed by atoms with van der Waals surface area (Å²) in [5.74, 6) is -0.436. The highest BCUT2D eigenvalue weighted by Gasteiger charge is 2.33. The predicted octanol–water partition coefficient (Wildman–Crippen LogP) is 3.04. The molecule has 0 spiro atoms. The molecule has 3 heterocycles. The minimum absolute atomic E-state index is 0.173. The van der Waals surface area contributed by atoms with Crippen LogP contribution in [0.2, 0.25) is 4.34 Å². The first-order valence-corrected chi connectivity index (χ1v) is 12.0. The van der Waals surface area contributed by atoms with Gasteiger partial charge in [0.2, 0.25) is 5.91 Å². The number of nitrogens with one attached hydrogen (secondary N) is 2. The molecule has 0 bridgehead atoms. The molecule has 4 rings (SSSR count). The second-order valence-corrected chi connectivity index (χ2v) is 9.63. The number of rotatable bonds is 8. The topological polar surface area (TPSA) is 117 Å². The van der Waals surface area contributed by atoms with Crippen molar-refractivity contribution >= 4 is 57.9 Å². The molecular formula is C22H26ClN5O4S. The van der Waals surface area contributed by atoms with Crippen LogP contribution in [-0.2, 0) is 9.53 Å². The molecular weight excluding hydrogens is 466 g/mol. The zero-order valence-corrected chi connectivity index (χ0v) is 19.6. The average Bonchev–Trinajstić information content (AvgIpc) is 3.54. The molecule has 2 aromatic rings. The maximum atomic E-state index is 12.5. The molecule has 0 radical (unpaired) electrons. The number of benzene rings is 1. The van der Waals surface area contributed by atoms with Crippen molar-refractivity contribution in [2.75, 3.05) is 47.8 Å². The molecule has 2 aliphatic rings. The van der Waals surface area contributed by atoms with Gasteiger partial charge in [-0.2, -0.15) is 0 Å². The molecule has 11 heteroatoms. The average molecular weight is 492 g/mol. The molecule has 4 N–H and O–H groups in total. The van der Waals surface area contributed by atoms with Crippen molar-refractivity contribution in [3.8, 4) is 0 Å². The van der Waals surface area contributed by atoms with E-state index in [0.717, 1.165) is 31.6 Å². The molecule has 176 valence electrons. The molecule has 0 saturated carbocycles. The van der Waals surface area contributed by atoms with Crippen LogP contribution in [0.1, 0.15) is 28.9 Å². The molecule has 0 aliphatic carbocycles. The molecule has 33 heavy (non-hydrogen) atoms. The summed E-state index contributed by atoms with van der Waals surface area (Å²) in [5, 5.41) is 5.71. The largest absolute Gasteiger partial charge is 0.442 e. The molecule has 9 nitrogen and oxygen atoms in total. The van der Waals surface area contributed by atoms with Gasteiger partial charge in [0.1, 0.15) is 6.10 Å².